The number of rotatable bonds is 8. The van der Waals surface area contributed by atoms with Gasteiger partial charge in [0, 0.05) is 31.8 Å². The van der Waals surface area contributed by atoms with Crippen LogP contribution in [-0.2, 0) is 12.8 Å². The predicted octanol–water partition coefficient (Wildman–Crippen LogP) is 2.36. The molecule has 0 unspecified atom stereocenters. The number of aryl methyl sites for hydroxylation is 1. The first kappa shape index (κ1) is 14.9. The molecular formula is C14H26N4. The molecular weight excluding hydrogens is 224 g/mol. The number of hydrogen-bond donors (Lipinski definition) is 1. The Hall–Kier alpha value is -1.16. The van der Waals surface area contributed by atoms with Gasteiger partial charge < -0.3 is 10.2 Å². The van der Waals surface area contributed by atoms with E-state index in [0.717, 1.165) is 56.2 Å². The summed E-state index contributed by atoms with van der Waals surface area (Å²) >= 11 is 0. The largest absolute Gasteiger partial charge is 0.373 e. The van der Waals surface area contributed by atoms with E-state index in [1.54, 1.807) is 0 Å². The van der Waals surface area contributed by atoms with E-state index in [9.17, 15) is 0 Å². The molecule has 0 spiro atoms. The normalized spacial score (nSPS) is 10.9. The van der Waals surface area contributed by atoms with Gasteiger partial charge in [-0.3, -0.25) is 0 Å². The van der Waals surface area contributed by atoms with Gasteiger partial charge in [0.15, 0.2) is 0 Å². The quantitative estimate of drug-likeness (QED) is 0.769. The second-order valence-electron chi connectivity index (χ2n) is 4.44. The third kappa shape index (κ3) is 4.61. The minimum atomic E-state index is 0.925. The molecule has 0 saturated carbocycles. The Morgan fingerprint density at radius 1 is 1.11 bits per heavy atom. The highest BCUT2D eigenvalue weighted by Crippen LogP contribution is 2.09. The van der Waals surface area contributed by atoms with Crippen molar-refractivity contribution in [3.05, 3.63) is 17.6 Å². The Labute approximate surface area is 111 Å². The van der Waals surface area contributed by atoms with Gasteiger partial charge in [-0.1, -0.05) is 27.2 Å². The average molecular weight is 250 g/mol. The van der Waals surface area contributed by atoms with Crippen LogP contribution in [0, 0.1) is 0 Å². The molecule has 0 atom stereocenters. The van der Waals surface area contributed by atoms with Gasteiger partial charge in [-0.05, 0) is 19.5 Å². The van der Waals surface area contributed by atoms with Gasteiger partial charge in [-0.2, -0.15) is 0 Å². The smallest absolute Gasteiger partial charge is 0.132 e. The highest BCUT2D eigenvalue weighted by molar-refractivity contribution is 5.35. The van der Waals surface area contributed by atoms with Crippen LogP contribution in [0.5, 0.6) is 0 Å². The van der Waals surface area contributed by atoms with Crippen LogP contribution in [0.4, 0.5) is 5.82 Å². The molecule has 1 heterocycles. The molecule has 0 aromatic carbocycles. The van der Waals surface area contributed by atoms with Crippen molar-refractivity contribution in [2.45, 2.75) is 40.0 Å². The zero-order valence-corrected chi connectivity index (χ0v) is 12.2. The Morgan fingerprint density at radius 2 is 1.83 bits per heavy atom. The Balaban J connectivity index is 2.71. The van der Waals surface area contributed by atoms with Crippen LogP contribution in [-0.4, -0.2) is 41.5 Å². The molecule has 1 rings (SSSR count). The van der Waals surface area contributed by atoms with Crippen LogP contribution in [0.25, 0.3) is 0 Å². The van der Waals surface area contributed by atoms with Gasteiger partial charge in [-0.25, -0.2) is 9.97 Å². The Bertz CT molecular complexity index is 348. The van der Waals surface area contributed by atoms with E-state index in [0.29, 0.717) is 0 Å². The van der Waals surface area contributed by atoms with E-state index < -0.39 is 0 Å². The summed E-state index contributed by atoms with van der Waals surface area (Å²) in [4.78, 5) is 11.6. The zero-order valence-electron chi connectivity index (χ0n) is 12.2. The second kappa shape index (κ2) is 8.03. The third-order valence-electron chi connectivity index (χ3n) is 3.13. The standard InChI is InChI=1S/C14H26N4/c1-5-8-12-11-14(15-4)17-13(16-12)9-10-18(6-2)7-3/h11H,5-10H2,1-4H3,(H,15,16,17). The number of likely N-dealkylation sites (N-methyl/N-ethyl adjacent to an activating group) is 1. The van der Waals surface area contributed by atoms with Gasteiger partial charge in [0.05, 0.1) is 0 Å². The van der Waals surface area contributed by atoms with Gasteiger partial charge >= 0.3 is 0 Å². The van der Waals surface area contributed by atoms with Crippen molar-refractivity contribution in [3.63, 3.8) is 0 Å². The van der Waals surface area contributed by atoms with Crippen molar-refractivity contribution < 1.29 is 0 Å². The fraction of sp³-hybridized carbons (Fsp3) is 0.714. The summed E-state index contributed by atoms with van der Waals surface area (Å²) in [6, 6.07) is 2.05. The van der Waals surface area contributed by atoms with E-state index in [-0.39, 0.29) is 0 Å². The topological polar surface area (TPSA) is 41.1 Å². The van der Waals surface area contributed by atoms with Gasteiger partial charge in [0.25, 0.3) is 0 Å². The zero-order chi connectivity index (χ0) is 13.4. The minimum absolute atomic E-state index is 0.925. The lowest BCUT2D eigenvalue weighted by Gasteiger charge is -2.17. The summed E-state index contributed by atoms with van der Waals surface area (Å²) in [5.74, 6) is 1.89. The van der Waals surface area contributed by atoms with Crippen molar-refractivity contribution in [1.82, 2.24) is 14.9 Å². The third-order valence-corrected chi connectivity index (χ3v) is 3.13. The van der Waals surface area contributed by atoms with E-state index in [1.165, 1.54) is 0 Å². The Kier molecular flexibility index (Phi) is 6.65. The molecule has 1 N–H and O–H groups in total. The molecule has 0 radical (unpaired) electrons. The van der Waals surface area contributed by atoms with Crippen LogP contribution in [0.2, 0.25) is 0 Å². The highest BCUT2D eigenvalue weighted by atomic mass is 15.1. The maximum Gasteiger partial charge on any atom is 0.132 e. The molecule has 0 fully saturated rings. The minimum Gasteiger partial charge on any atom is -0.373 e. The van der Waals surface area contributed by atoms with Crippen LogP contribution < -0.4 is 5.32 Å². The fourth-order valence-electron chi connectivity index (χ4n) is 1.97. The molecule has 102 valence electrons. The molecule has 0 aliphatic rings. The predicted molar refractivity (Wildman–Crippen MR) is 77.1 cm³/mol. The van der Waals surface area contributed by atoms with Crippen LogP contribution >= 0.6 is 0 Å². The van der Waals surface area contributed by atoms with Crippen LogP contribution in [0.3, 0.4) is 0 Å². The Morgan fingerprint density at radius 3 is 2.39 bits per heavy atom. The first-order valence-corrected chi connectivity index (χ1v) is 7.00. The van der Waals surface area contributed by atoms with Crippen molar-refractivity contribution in [2.75, 3.05) is 32.0 Å². The first-order valence-electron chi connectivity index (χ1n) is 7.00. The lowest BCUT2D eigenvalue weighted by Crippen LogP contribution is -2.26. The summed E-state index contributed by atoms with van der Waals surface area (Å²) in [5, 5.41) is 3.12. The van der Waals surface area contributed by atoms with Gasteiger partial charge in [0.2, 0.25) is 0 Å². The summed E-state index contributed by atoms with van der Waals surface area (Å²) in [6.07, 6.45) is 3.07. The maximum atomic E-state index is 4.63. The summed E-state index contributed by atoms with van der Waals surface area (Å²) in [7, 11) is 1.91. The molecule has 0 aliphatic carbocycles. The average Bonchev–Trinajstić information content (AvgIpc) is 2.40. The lowest BCUT2D eigenvalue weighted by molar-refractivity contribution is 0.305. The van der Waals surface area contributed by atoms with Crippen molar-refractivity contribution in [3.8, 4) is 0 Å². The molecule has 0 amide bonds. The highest BCUT2D eigenvalue weighted by Gasteiger charge is 2.06. The van der Waals surface area contributed by atoms with E-state index in [1.807, 2.05) is 13.1 Å². The molecule has 1 aromatic heterocycles. The first-order chi connectivity index (χ1) is 8.73. The summed E-state index contributed by atoms with van der Waals surface area (Å²) in [6.45, 7) is 9.77. The molecule has 4 heteroatoms. The van der Waals surface area contributed by atoms with E-state index in [2.05, 4.69) is 41.0 Å². The number of hydrogen-bond acceptors (Lipinski definition) is 4. The summed E-state index contributed by atoms with van der Waals surface area (Å²) < 4.78 is 0. The molecule has 0 saturated heterocycles. The summed E-state index contributed by atoms with van der Waals surface area (Å²) in [5.41, 5.74) is 1.14. The van der Waals surface area contributed by atoms with Crippen molar-refractivity contribution >= 4 is 5.82 Å². The molecule has 0 aliphatic heterocycles. The second-order valence-corrected chi connectivity index (χ2v) is 4.44. The number of aromatic nitrogens is 2. The van der Waals surface area contributed by atoms with Gasteiger partial charge in [0.1, 0.15) is 11.6 Å². The SMILES string of the molecule is CCCc1cc(NC)nc(CCN(CC)CC)n1. The molecule has 18 heavy (non-hydrogen) atoms. The molecule has 1 aromatic rings. The number of nitrogens with one attached hydrogen (secondary N) is 1. The number of anilines is 1. The fourth-order valence-corrected chi connectivity index (χ4v) is 1.97. The van der Waals surface area contributed by atoms with Gasteiger partial charge in [-0.15, -0.1) is 0 Å². The van der Waals surface area contributed by atoms with Crippen molar-refractivity contribution in [1.29, 1.82) is 0 Å². The molecule has 0 bridgehead atoms. The monoisotopic (exact) mass is 250 g/mol. The lowest BCUT2D eigenvalue weighted by atomic mass is 10.2. The van der Waals surface area contributed by atoms with Crippen LogP contribution in [0.1, 0.15) is 38.7 Å². The van der Waals surface area contributed by atoms with Crippen molar-refractivity contribution in [2.24, 2.45) is 0 Å². The van der Waals surface area contributed by atoms with E-state index in [4.69, 9.17) is 0 Å². The van der Waals surface area contributed by atoms with E-state index >= 15 is 0 Å². The van der Waals surface area contributed by atoms with Crippen LogP contribution in [0.15, 0.2) is 6.07 Å². The number of nitrogens with zero attached hydrogens (tertiary/aromatic N) is 3. The molecule has 4 nitrogen and oxygen atoms in total. The maximum absolute atomic E-state index is 4.63.